The van der Waals surface area contributed by atoms with E-state index in [1.165, 1.54) is 6.42 Å². The molecule has 0 saturated carbocycles. The molecule has 2 nitrogen and oxygen atoms in total. The van der Waals surface area contributed by atoms with Crippen LogP contribution in [0.25, 0.3) is 0 Å². The predicted molar refractivity (Wildman–Crippen MR) is 80.4 cm³/mol. The summed E-state index contributed by atoms with van der Waals surface area (Å²) in [6.07, 6.45) is 1.52. The molecule has 2 rings (SSSR count). The van der Waals surface area contributed by atoms with Crippen LogP contribution in [0, 0.1) is 6.92 Å². The fourth-order valence-corrected chi connectivity index (χ4v) is 5.91. The van der Waals surface area contributed by atoms with Crippen molar-refractivity contribution in [2.45, 2.75) is 36.9 Å². The normalized spacial score (nSPS) is 20.6. The van der Waals surface area contributed by atoms with Gasteiger partial charge in [-0.05, 0) is 37.8 Å². The van der Waals surface area contributed by atoms with Crippen LogP contribution in [0.1, 0.15) is 30.9 Å². The molecule has 1 atom stereocenters. The van der Waals surface area contributed by atoms with E-state index >= 15 is 0 Å². The Kier molecular flexibility index (Phi) is 4.51. The van der Waals surface area contributed by atoms with E-state index in [0.717, 1.165) is 22.6 Å². The van der Waals surface area contributed by atoms with Crippen LogP contribution in [0.4, 0.5) is 0 Å². The maximum absolute atomic E-state index is 10.2. The van der Waals surface area contributed by atoms with E-state index in [1.807, 2.05) is 43.4 Å². The summed E-state index contributed by atoms with van der Waals surface area (Å²) in [7, 11) is 0. The molecule has 0 radical (unpaired) electrons. The van der Waals surface area contributed by atoms with E-state index in [-0.39, 0.29) is 10.2 Å². The van der Waals surface area contributed by atoms with Crippen LogP contribution in [0.2, 0.25) is 0 Å². The number of aliphatic hydroxyl groups is 1. The van der Waals surface area contributed by atoms with Crippen molar-refractivity contribution >= 4 is 23.5 Å². The zero-order valence-electron chi connectivity index (χ0n) is 10.8. The first kappa shape index (κ1) is 14.1. The van der Waals surface area contributed by atoms with Gasteiger partial charge in [0.25, 0.3) is 0 Å². The van der Waals surface area contributed by atoms with Gasteiger partial charge in [0.1, 0.15) is 5.75 Å². The lowest BCUT2D eigenvalue weighted by Crippen LogP contribution is -2.27. The summed E-state index contributed by atoms with van der Waals surface area (Å²) in [6.45, 7) is 3.86. The largest absolute Gasteiger partial charge is 0.508 e. The molecule has 0 bridgehead atoms. The van der Waals surface area contributed by atoms with Crippen LogP contribution < -0.4 is 0 Å². The number of phenols is 1. The van der Waals surface area contributed by atoms with Gasteiger partial charge in [0, 0.05) is 12.0 Å². The van der Waals surface area contributed by atoms with E-state index in [1.54, 1.807) is 6.07 Å². The van der Waals surface area contributed by atoms with Gasteiger partial charge in [-0.15, -0.1) is 23.5 Å². The van der Waals surface area contributed by atoms with Gasteiger partial charge >= 0.3 is 0 Å². The Morgan fingerprint density at radius 3 is 2.61 bits per heavy atom. The molecule has 1 aromatic rings. The van der Waals surface area contributed by atoms with E-state index in [0.29, 0.717) is 12.2 Å². The van der Waals surface area contributed by atoms with Gasteiger partial charge in [-0.25, -0.2) is 0 Å². The molecule has 1 aromatic carbocycles. The third kappa shape index (κ3) is 2.98. The van der Waals surface area contributed by atoms with Crippen molar-refractivity contribution in [2.75, 3.05) is 11.5 Å². The first-order chi connectivity index (χ1) is 8.53. The lowest BCUT2D eigenvalue weighted by Gasteiger charge is -2.38. The average Bonchev–Trinajstić information content (AvgIpc) is 2.32. The number of aryl methyl sites for hydroxylation is 1. The van der Waals surface area contributed by atoms with Crippen LogP contribution in [-0.2, 0) is 4.08 Å². The molecule has 1 saturated heterocycles. The minimum atomic E-state index is -0.358. The molecule has 0 unspecified atom stereocenters. The number of aliphatic hydroxyl groups excluding tert-OH is 1. The van der Waals surface area contributed by atoms with Crippen molar-refractivity contribution in [3.63, 3.8) is 0 Å². The molecule has 0 spiro atoms. The minimum Gasteiger partial charge on any atom is -0.508 e. The van der Waals surface area contributed by atoms with E-state index in [4.69, 9.17) is 0 Å². The Bertz CT molecular complexity index is 412. The third-order valence-electron chi connectivity index (χ3n) is 3.09. The molecule has 0 aromatic heterocycles. The summed E-state index contributed by atoms with van der Waals surface area (Å²) < 4.78 is -0.192. The summed E-state index contributed by atoms with van der Waals surface area (Å²) in [5.41, 5.74) is 2.12. The van der Waals surface area contributed by atoms with Gasteiger partial charge in [-0.2, -0.15) is 0 Å². The number of phenolic OH excluding ortho intramolecular Hbond substituents is 1. The second-order valence-corrected chi connectivity index (χ2v) is 7.92. The molecule has 4 heteroatoms. The smallest absolute Gasteiger partial charge is 0.121 e. The Labute approximate surface area is 117 Å². The van der Waals surface area contributed by atoms with Crippen molar-refractivity contribution < 1.29 is 10.2 Å². The van der Waals surface area contributed by atoms with Crippen molar-refractivity contribution in [3.05, 3.63) is 29.3 Å². The van der Waals surface area contributed by atoms with Crippen LogP contribution in [-0.4, -0.2) is 27.8 Å². The van der Waals surface area contributed by atoms with Gasteiger partial charge in [-0.1, -0.05) is 17.7 Å². The van der Waals surface area contributed by atoms with E-state index in [2.05, 4.69) is 6.07 Å². The van der Waals surface area contributed by atoms with Gasteiger partial charge in [0.2, 0.25) is 0 Å². The Morgan fingerprint density at radius 2 is 2.00 bits per heavy atom. The summed E-state index contributed by atoms with van der Waals surface area (Å²) in [5.74, 6) is 2.53. The molecular weight excluding hydrogens is 264 g/mol. The van der Waals surface area contributed by atoms with Crippen LogP contribution >= 0.6 is 23.5 Å². The highest BCUT2D eigenvalue weighted by Crippen LogP contribution is 2.55. The molecule has 1 fully saturated rings. The third-order valence-corrected chi connectivity index (χ3v) is 6.48. The second kappa shape index (κ2) is 5.76. The number of aromatic hydroxyl groups is 1. The van der Waals surface area contributed by atoms with E-state index in [9.17, 15) is 10.2 Å². The molecular formula is C14H20O2S2. The number of benzene rings is 1. The highest BCUT2D eigenvalue weighted by Gasteiger charge is 2.38. The lowest BCUT2D eigenvalue weighted by molar-refractivity contribution is 0.180. The SMILES string of the molecule is Cc1ccc(O)c(C2(C[C@@H](C)O)SCCCS2)c1. The summed E-state index contributed by atoms with van der Waals surface area (Å²) in [5, 5.41) is 19.9. The van der Waals surface area contributed by atoms with Gasteiger partial charge in [-0.3, -0.25) is 0 Å². The first-order valence-electron chi connectivity index (χ1n) is 6.29. The standard InChI is InChI=1S/C14H20O2S2/c1-10-4-5-13(16)12(8-10)14(9-11(2)15)17-6-3-7-18-14/h4-5,8,11,15-16H,3,6-7,9H2,1-2H3/t11-/m1/s1. The van der Waals surface area contributed by atoms with Crippen molar-refractivity contribution in [1.82, 2.24) is 0 Å². The van der Waals surface area contributed by atoms with Gasteiger partial charge in [0.05, 0.1) is 10.2 Å². The lowest BCUT2D eigenvalue weighted by atomic mass is 10.0. The van der Waals surface area contributed by atoms with Crippen molar-refractivity contribution in [1.29, 1.82) is 0 Å². The summed E-state index contributed by atoms with van der Waals surface area (Å²) in [4.78, 5) is 0. The molecule has 18 heavy (non-hydrogen) atoms. The van der Waals surface area contributed by atoms with Crippen LogP contribution in [0.3, 0.4) is 0 Å². The highest BCUT2D eigenvalue weighted by atomic mass is 32.2. The fourth-order valence-electron chi connectivity index (χ4n) is 2.30. The summed E-state index contributed by atoms with van der Waals surface area (Å²) >= 11 is 3.72. The Morgan fingerprint density at radius 1 is 1.33 bits per heavy atom. The number of rotatable bonds is 3. The Hall–Kier alpha value is -0.320. The maximum Gasteiger partial charge on any atom is 0.121 e. The maximum atomic E-state index is 10.2. The van der Waals surface area contributed by atoms with Crippen LogP contribution in [0.15, 0.2) is 18.2 Å². The number of hydrogen-bond acceptors (Lipinski definition) is 4. The quantitative estimate of drug-likeness (QED) is 0.891. The fraction of sp³-hybridized carbons (Fsp3) is 0.571. The molecule has 0 amide bonds. The second-order valence-electron chi connectivity index (χ2n) is 4.88. The molecule has 1 heterocycles. The topological polar surface area (TPSA) is 40.5 Å². The summed E-state index contributed by atoms with van der Waals surface area (Å²) in [6, 6.07) is 5.75. The van der Waals surface area contributed by atoms with Gasteiger partial charge in [0.15, 0.2) is 0 Å². The van der Waals surface area contributed by atoms with E-state index < -0.39 is 0 Å². The number of hydrogen-bond donors (Lipinski definition) is 2. The zero-order valence-corrected chi connectivity index (χ0v) is 12.5. The highest BCUT2D eigenvalue weighted by molar-refractivity contribution is 8.18. The minimum absolute atomic E-state index is 0.192. The zero-order chi connectivity index (χ0) is 13.2. The first-order valence-corrected chi connectivity index (χ1v) is 8.27. The molecule has 100 valence electrons. The predicted octanol–water partition coefficient (Wildman–Crippen LogP) is 3.49. The molecule has 1 aliphatic rings. The van der Waals surface area contributed by atoms with Gasteiger partial charge < -0.3 is 10.2 Å². The molecule has 0 aliphatic carbocycles. The molecule has 2 N–H and O–H groups in total. The number of thioether (sulfide) groups is 2. The van der Waals surface area contributed by atoms with Crippen molar-refractivity contribution in [3.8, 4) is 5.75 Å². The molecule has 1 aliphatic heterocycles. The monoisotopic (exact) mass is 284 g/mol. The Balaban J connectivity index is 2.41. The average molecular weight is 284 g/mol. The van der Waals surface area contributed by atoms with Crippen molar-refractivity contribution in [2.24, 2.45) is 0 Å². The van der Waals surface area contributed by atoms with Crippen LogP contribution in [0.5, 0.6) is 5.75 Å².